The Morgan fingerprint density at radius 2 is 2.08 bits per heavy atom. The van der Waals surface area contributed by atoms with Crippen molar-refractivity contribution in [2.24, 2.45) is 5.73 Å². The Morgan fingerprint density at radius 3 is 2.85 bits per heavy atom. The maximum atomic E-state index is 14.0. The van der Waals surface area contributed by atoms with Crippen LogP contribution in [0.25, 0.3) is 0 Å². The molecule has 26 heavy (non-hydrogen) atoms. The molecule has 3 N–H and O–H groups in total. The number of unbranched alkanes of at least 4 members (excludes halogenated alkanes) is 1. The van der Waals surface area contributed by atoms with Gasteiger partial charge in [0.05, 0.1) is 0 Å². The fraction of sp³-hybridized carbons (Fsp3) is 0.579. The molecule has 1 aromatic carbocycles. The van der Waals surface area contributed by atoms with Crippen LogP contribution in [-0.4, -0.2) is 59.9 Å². The van der Waals surface area contributed by atoms with E-state index in [1.807, 2.05) is 17.9 Å². The highest BCUT2D eigenvalue weighted by Gasteiger charge is 2.43. The van der Waals surface area contributed by atoms with Gasteiger partial charge in [-0.25, -0.2) is 4.39 Å². The number of carbonyl (C=O) groups excluding carboxylic acids is 2. The summed E-state index contributed by atoms with van der Waals surface area (Å²) in [6.07, 6.45) is 2.30. The Labute approximate surface area is 153 Å². The maximum absolute atomic E-state index is 14.0. The van der Waals surface area contributed by atoms with Crippen molar-refractivity contribution in [3.63, 3.8) is 0 Å². The SMILES string of the molecule is Cc1ccc(F)c(CN2CCN3C(=O)[C@H](CCCCN)NC(=O)[C@H]3C2)c1. The highest BCUT2D eigenvalue weighted by molar-refractivity contribution is 5.97. The van der Waals surface area contributed by atoms with Gasteiger partial charge in [0.2, 0.25) is 11.8 Å². The third-order valence-electron chi connectivity index (χ3n) is 5.21. The zero-order chi connectivity index (χ0) is 18.7. The minimum Gasteiger partial charge on any atom is -0.342 e. The number of aryl methyl sites for hydroxylation is 1. The van der Waals surface area contributed by atoms with E-state index in [4.69, 9.17) is 5.73 Å². The molecule has 2 amide bonds. The lowest BCUT2D eigenvalue weighted by Crippen LogP contribution is -2.69. The average molecular weight is 362 g/mol. The Morgan fingerprint density at radius 1 is 1.27 bits per heavy atom. The van der Waals surface area contributed by atoms with Crippen molar-refractivity contribution in [1.82, 2.24) is 15.1 Å². The number of hydrogen-bond acceptors (Lipinski definition) is 4. The number of nitrogens with zero attached hydrogens (tertiary/aromatic N) is 2. The molecule has 6 nitrogen and oxygen atoms in total. The third-order valence-corrected chi connectivity index (χ3v) is 5.21. The summed E-state index contributed by atoms with van der Waals surface area (Å²) in [4.78, 5) is 28.9. The van der Waals surface area contributed by atoms with Gasteiger partial charge in [0.15, 0.2) is 0 Å². The Balaban J connectivity index is 1.63. The number of carbonyl (C=O) groups is 2. The van der Waals surface area contributed by atoms with E-state index < -0.39 is 12.1 Å². The Kier molecular flexibility index (Phi) is 5.88. The molecule has 0 unspecified atom stereocenters. The van der Waals surface area contributed by atoms with Crippen LogP contribution >= 0.6 is 0 Å². The van der Waals surface area contributed by atoms with Crippen LogP contribution in [0.15, 0.2) is 18.2 Å². The van der Waals surface area contributed by atoms with Gasteiger partial charge >= 0.3 is 0 Å². The molecular formula is C19H27FN4O2. The number of nitrogens with one attached hydrogen (secondary N) is 1. The minimum atomic E-state index is -0.491. The second kappa shape index (κ2) is 8.14. The lowest BCUT2D eigenvalue weighted by atomic mass is 10.00. The van der Waals surface area contributed by atoms with E-state index in [0.717, 1.165) is 18.4 Å². The molecule has 2 fully saturated rings. The molecule has 2 aliphatic heterocycles. The molecule has 7 heteroatoms. The van der Waals surface area contributed by atoms with Crippen LogP contribution in [0.1, 0.15) is 30.4 Å². The van der Waals surface area contributed by atoms with E-state index in [0.29, 0.717) is 44.7 Å². The summed E-state index contributed by atoms with van der Waals surface area (Å²) in [7, 11) is 0. The summed E-state index contributed by atoms with van der Waals surface area (Å²) < 4.78 is 14.0. The van der Waals surface area contributed by atoms with Crippen molar-refractivity contribution in [1.29, 1.82) is 0 Å². The van der Waals surface area contributed by atoms with E-state index in [-0.39, 0.29) is 17.6 Å². The number of fused-ring (bicyclic) bond motifs is 1. The van der Waals surface area contributed by atoms with E-state index >= 15 is 0 Å². The first kappa shape index (κ1) is 18.8. The molecule has 0 bridgehead atoms. The van der Waals surface area contributed by atoms with Crippen molar-refractivity contribution in [2.75, 3.05) is 26.2 Å². The molecule has 0 saturated carbocycles. The fourth-order valence-electron chi connectivity index (χ4n) is 3.76. The van der Waals surface area contributed by atoms with Gasteiger partial charge in [-0.15, -0.1) is 0 Å². The predicted molar refractivity (Wildman–Crippen MR) is 96.8 cm³/mol. The monoisotopic (exact) mass is 362 g/mol. The summed E-state index contributed by atoms with van der Waals surface area (Å²) in [6, 6.07) is 4.13. The molecule has 0 radical (unpaired) electrons. The lowest BCUT2D eigenvalue weighted by molar-refractivity contribution is -0.153. The van der Waals surface area contributed by atoms with Gasteiger partial charge in [0, 0.05) is 31.7 Å². The first-order valence-electron chi connectivity index (χ1n) is 9.28. The molecule has 0 spiro atoms. The summed E-state index contributed by atoms with van der Waals surface area (Å²) in [5.41, 5.74) is 7.13. The van der Waals surface area contributed by atoms with Gasteiger partial charge in [-0.3, -0.25) is 14.5 Å². The normalized spacial score (nSPS) is 23.7. The predicted octanol–water partition coefficient (Wildman–Crippen LogP) is 0.774. The molecule has 0 aliphatic carbocycles. The van der Waals surface area contributed by atoms with E-state index in [9.17, 15) is 14.0 Å². The summed E-state index contributed by atoms with van der Waals surface area (Å²) >= 11 is 0. The Hall–Kier alpha value is -1.99. The highest BCUT2D eigenvalue weighted by Crippen LogP contribution is 2.21. The van der Waals surface area contributed by atoms with Crippen molar-refractivity contribution in [3.8, 4) is 0 Å². The number of piperazine rings is 2. The van der Waals surface area contributed by atoms with Crippen molar-refractivity contribution < 1.29 is 14.0 Å². The lowest BCUT2D eigenvalue weighted by Gasteiger charge is -2.45. The van der Waals surface area contributed by atoms with Crippen LogP contribution in [0.3, 0.4) is 0 Å². The van der Waals surface area contributed by atoms with Crippen molar-refractivity contribution >= 4 is 11.8 Å². The number of nitrogens with two attached hydrogens (primary N) is 1. The third kappa shape index (κ3) is 4.04. The second-order valence-electron chi connectivity index (χ2n) is 7.22. The van der Waals surface area contributed by atoms with Crippen LogP contribution in [0.4, 0.5) is 4.39 Å². The standard InChI is InChI=1S/C19H27FN4O2/c1-13-5-6-15(20)14(10-13)11-23-8-9-24-17(12-23)18(25)22-16(19(24)26)4-2-3-7-21/h5-6,10,16-17H,2-4,7-9,11-12,21H2,1H3,(H,22,25)/t16-,17+/m0/s1. The van der Waals surface area contributed by atoms with Gasteiger partial charge in [0.1, 0.15) is 17.9 Å². The molecule has 1 aromatic rings. The maximum Gasteiger partial charge on any atom is 0.245 e. The topological polar surface area (TPSA) is 78.7 Å². The van der Waals surface area contributed by atoms with Gasteiger partial charge in [-0.05, 0) is 38.8 Å². The zero-order valence-corrected chi connectivity index (χ0v) is 15.2. The first-order valence-corrected chi connectivity index (χ1v) is 9.28. The van der Waals surface area contributed by atoms with Crippen LogP contribution in [0.2, 0.25) is 0 Å². The molecule has 0 aromatic heterocycles. The average Bonchev–Trinajstić information content (AvgIpc) is 2.62. The molecule has 2 saturated heterocycles. The fourth-order valence-corrected chi connectivity index (χ4v) is 3.76. The molecule has 2 atom stereocenters. The summed E-state index contributed by atoms with van der Waals surface area (Å²) in [5.74, 6) is -0.355. The number of rotatable bonds is 6. The zero-order valence-electron chi connectivity index (χ0n) is 15.2. The molecule has 2 aliphatic rings. The molecule has 142 valence electrons. The first-order chi connectivity index (χ1) is 12.5. The molecule has 2 heterocycles. The van der Waals surface area contributed by atoms with Crippen molar-refractivity contribution in [2.45, 2.75) is 44.8 Å². The van der Waals surface area contributed by atoms with Crippen LogP contribution < -0.4 is 11.1 Å². The summed E-state index contributed by atoms with van der Waals surface area (Å²) in [5, 5.41) is 2.86. The molecule has 3 rings (SSSR count). The van der Waals surface area contributed by atoms with E-state index in [2.05, 4.69) is 5.32 Å². The highest BCUT2D eigenvalue weighted by atomic mass is 19.1. The van der Waals surface area contributed by atoms with Gasteiger partial charge in [-0.2, -0.15) is 0 Å². The van der Waals surface area contributed by atoms with Gasteiger partial charge < -0.3 is 16.0 Å². The van der Waals surface area contributed by atoms with Gasteiger partial charge in [0.25, 0.3) is 0 Å². The Bertz CT molecular complexity index is 682. The summed E-state index contributed by atoms with van der Waals surface area (Å²) in [6.45, 7) is 4.53. The second-order valence-corrected chi connectivity index (χ2v) is 7.22. The number of hydrogen-bond donors (Lipinski definition) is 2. The van der Waals surface area contributed by atoms with E-state index in [1.54, 1.807) is 11.0 Å². The van der Waals surface area contributed by atoms with Crippen LogP contribution in [0, 0.1) is 12.7 Å². The van der Waals surface area contributed by atoms with Crippen molar-refractivity contribution in [3.05, 3.63) is 35.1 Å². The smallest absolute Gasteiger partial charge is 0.245 e. The van der Waals surface area contributed by atoms with E-state index in [1.165, 1.54) is 6.07 Å². The molecular weight excluding hydrogens is 335 g/mol. The van der Waals surface area contributed by atoms with Crippen LogP contribution in [-0.2, 0) is 16.1 Å². The minimum absolute atomic E-state index is 0.00647. The number of amides is 2. The number of halogens is 1. The van der Waals surface area contributed by atoms with Gasteiger partial charge in [-0.1, -0.05) is 17.7 Å². The largest absolute Gasteiger partial charge is 0.342 e. The quantitative estimate of drug-likeness (QED) is 0.733. The number of benzene rings is 1. The van der Waals surface area contributed by atoms with Crippen LogP contribution in [0.5, 0.6) is 0 Å².